The van der Waals surface area contributed by atoms with Gasteiger partial charge in [0.05, 0.1) is 13.2 Å². The second kappa shape index (κ2) is 12.3. The predicted molar refractivity (Wildman–Crippen MR) is 104 cm³/mol. The van der Waals surface area contributed by atoms with Crippen molar-refractivity contribution >= 4 is 0 Å². The molecule has 2 atom stereocenters. The predicted octanol–water partition coefficient (Wildman–Crippen LogP) is 4.78. The lowest BCUT2D eigenvalue weighted by Gasteiger charge is -2.47. The highest BCUT2D eigenvalue weighted by atomic mass is 16.9. The standard InChI is InChI=1S/C21H42O5/c1-7-8-9-10-11-13-18(14-12-15-25-16-19-17-26-19)20(2,3)21(22-4,23-5)24-6/h18-19H,7-17H2,1-6H3. The van der Waals surface area contributed by atoms with Crippen LogP contribution in [0.5, 0.6) is 0 Å². The van der Waals surface area contributed by atoms with Crippen LogP contribution in [-0.2, 0) is 23.7 Å². The lowest BCUT2D eigenvalue weighted by molar-refractivity contribution is -0.410. The molecule has 1 fully saturated rings. The molecule has 0 spiro atoms. The number of unbranched alkanes of at least 4 members (excludes halogenated alkanes) is 4. The molecule has 0 radical (unpaired) electrons. The van der Waals surface area contributed by atoms with Crippen molar-refractivity contribution in [2.75, 3.05) is 41.2 Å². The smallest absolute Gasteiger partial charge is 0.287 e. The molecule has 0 aliphatic carbocycles. The molecule has 26 heavy (non-hydrogen) atoms. The van der Waals surface area contributed by atoms with Crippen molar-refractivity contribution in [1.29, 1.82) is 0 Å². The molecule has 0 amide bonds. The molecule has 0 aromatic rings. The van der Waals surface area contributed by atoms with Crippen LogP contribution in [-0.4, -0.2) is 53.2 Å². The Kier molecular flexibility index (Phi) is 11.3. The van der Waals surface area contributed by atoms with Gasteiger partial charge in [0.2, 0.25) is 0 Å². The maximum Gasteiger partial charge on any atom is 0.287 e. The molecule has 0 saturated carbocycles. The third-order valence-corrected chi connectivity index (χ3v) is 5.82. The van der Waals surface area contributed by atoms with Gasteiger partial charge in [0.15, 0.2) is 0 Å². The second-order valence-electron chi connectivity index (χ2n) is 7.96. The van der Waals surface area contributed by atoms with Crippen LogP contribution in [0.1, 0.15) is 72.1 Å². The van der Waals surface area contributed by atoms with Gasteiger partial charge in [0.25, 0.3) is 5.97 Å². The fourth-order valence-corrected chi connectivity index (χ4v) is 3.96. The van der Waals surface area contributed by atoms with Crippen molar-refractivity contribution in [3.8, 4) is 0 Å². The lowest BCUT2D eigenvalue weighted by Crippen LogP contribution is -2.53. The summed E-state index contributed by atoms with van der Waals surface area (Å²) in [5.41, 5.74) is -0.268. The van der Waals surface area contributed by atoms with Crippen molar-refractivity contribution in [3.05, 3.63) is 0 Å². The monoisotopic (exact) mass is 374 g/mol. The molecule has 5 nitrogen and oxygen atoms in total. The topological polar surface area (TPSA) is 49.5 Å². The Morgan fingerprint density at radius 1 is 0.923 bits per heavy atom. The molecule has 1 heterocycles. The van der Waals surface area contributed by atoms with E-state index in [1.807, 2.05) is 0 Å². The van der Waals surface area contributed by atoms with E-state index in [1.165, 1.54) is 32.1 Å². The summed E-state index contributed by atoms with van der Waals surface area (Å²) in [6.45, 7) is 9.00. The van der Waals surface area contributed by atoms with Crippen LogP contribution >= 0.6 is 0 Å². The summed E-state index contributed by atoms with van der Waals surface area (Å²) in [4.78, 5) is 0. The van der Waals surface area contributed by atoms with Crippen LogP contribution in [0.4, 0.5) is 0 Å². The summed E-state index contributed by atoms with van der Waals surface area (Å²) in [6.07, 6.45) is 10.0. The van der Waals surface area contributed by atoms with Gasteiger partial charge in [-0.1, -0.05) is 52.9 Å². The van der Waals surface area contributed by atoms with Gasteiger partial charge in [-0.05, 0) is 25.2 Å². The fourth-order valence-electron chi connectivity index (χ4n) is 3.96. The van der Waals surface area contributed by atoms with Crippen molar-refractivity contribution in [2.24, 2.45) is 11.3 Å². The first-order valence-electron chi connectivity index (χ1n) is 10.3. The highest BCUT2D eigenvalue weighted by molar-refractivity contribution is 4.87. The molecule has 1 aliphatic heterocycles. The largest absolute Gasteiger partial charge is 0.379 e. The quantitative estimate of drug-likeness (QED) is 0.208. The molecule has 1 saturated heterocycles. The average Bonchev–Trinajstić information content (AvgIpc) is 3.45. The number of hydrogen-bond acceptors (Lipinski definition) is 5. The van der Waals surface area contributed by atoms with Gasteiger partial charge in [0, 0.05) is 33.4 Å². The zero-order chi connectivity index (χ0) is 19.5. The molecule has 5 heteroatoms. The SMILES string of the molecule is CCCCCCCC(CCCOCC1CO1)C(C)(C)C(OC)(OC)OC. The minimum atomic E-state index is -1.02. The van der Waals surface area contributed by atoms with Crippen LogP contribution in [0.25, 0.3) is 0 Å². The van der Waals surface area contributed by atoms with Gasteiger partial charge in [-0.15, -0.1) is 0 Å². The summed E-state index contributed by atoms with van der Waals surface area (Å²) < 4.78 is 28.0. The minimum Gasteiger partial charge on any atom is -0.379 e. The maximum atomic E-state index is 5.72. The summed E-state index contributed by atoms with van der Waals surface area (Å²) in [5.74, 6) is -0.589. The zero-order valence-electron chi connectivity index (χ0n) is 18.0. The first kappa shape index (κ1) is 23.8. The van der Waals surface area contributed by atoms with E-state index in [-0.39, 0.29) is 5.41 Å². The average molecular weight is 375 g/mol. The van der Waals surface area contributed by atoms with Crippen LogP contribution < -0.4 is 0 Å². The van der Waals surface area contributed by atoms with E-state index >= 15 is 0 Å². The van der Waals surface area contributed by atoms with E-state index in [0.717, 1.165) is 39.1 Å². The molecule has 1 aliphatic rings. The molecular weight excluding hydrogens is 332 g/mol. The van der Waals surface area contributed by atoms with Crippen LogP contribution in [0.3, 0.4) is 0 Å². The Balaban J connectivity index is 2.59. The summed E-state index contributed by atoms with van der Waals surface area (Å²) in [7, 11) is 4.98. The van der Waals surface area contributed by atoms with Gasteiger partial charge in [-0.3, -0.25) is 0 Å². The molecule has 1 rings (SSSR count). The third-order valence-electron chi connectivity index (χ3n) is 5.82. The van der Waals surface area contributed by atoms with Crippen molar-refractivity contribution in [1.82, 2.24) is 0 Å². The first-order valence-corrected chi connectivity index (χ1v) is 10.3. The molecule has 156 valence electrons. The van der Waals surface area contributed by atoms with E-state index in [2.05, 4.69) is 20.8 Å². The van der Waals surface area contributed by atoms with Crippen LogP contribution in [0, 0.1) is 11.3 Å². The number of ether oxygens (including phenoxy) is 5. The summed E-state index contributed by atoms with van der Waals surface area (Å²) in [6, 6.07) is 0. The van der Waals surface area contributed by atoms with E-state index < -0.39 is 5.97 Å². The molecule has 0 N–H and O–H groups in total. The van der Waals surface area contributed by atoms with Gasteiger partial charge < -0.3 is 23.7 Å². The third kappa shape index (κ3) is 7.08. The Hall–Kier alpha value is -0.200. The zero-order valence-corrected chi connectivity index (χ0v) is 18.0. The molecule has 0 aromatic heterocycles. The van der Waals surface area contributed by atoms with Crippen molar-refractivity contribution in [2.45, 2.75) is 84.2 Å². The highest BCUT2D eigenvalue weighted by Gasteiger charge is 2.51. The van der Waals surface area contributed by atoms with Crippen molar-refractivity contribution < 1.29 is 23.7 Å². The van der Waals surface area contributed by atoms with Gasteiger partial charge in [-0.25, -0.2) is 0 Å². The Bertz CT molecular complexity index is 342. The van der Waals surface area contributed by atoms with Gasteiger partial charge in [-0.2, -0.15) is 0 Å². The van der Waals surface area contributed by atoms with E-state index in [4.69, 9.17) is 23.7 Å². The van der Waals surface area contributed by atoms with E-state index in [0.29, 0.717) is 12.0 Å². The van der Waals surface area contributed by atoms with Gasteiger partial charge in [0.1, 0.15) is 6.10 Å². The van der Waals surface area contributed by atoms with Crippen molar-refractivity contribution in [3.63, 3.8) is 0 Å². The molecule has 0 aromatic carbocycles. The lowest BCUT2D eigenvalue weighted by atomic mass is 9.71. The van der Waals surface area contributed by atoms with E-state index in [9.17, 15) is 0 Å². The number of methoxy groups -OCH3 is 3. The Morgan fingerprint density at radius 2 is 1.50 bits per heavy atom. The maximum absolute atomic E-state index is 5.72. The normalized spacial score (nSPS) is 18.9. The van der Waals surface area contributed by atoms with Crippen LogP contribution in [0.15, 0.2) is 0 Å². The second-order valence-corrected chi connectivity index (χ2v) is 7.96. The minimum absolute atomic E-state index is 0.268. The number of epoxide rings is 1. The number of rotatable bonds is 17. The Morgan fingerprint density at radius 3 is 2.04 bits per heavy atom. The van der Waals surface area contributed by atoms with Crippen LogP contribution in [0.2, 0.25) is 0 Å². The number of hydrogen-bond donors (Lipinski definition) is 0. The molecular formula is C21H42O5. The summed E-state index contributed by atoms with van der Waals surface area (Å²) in [5, 5.41) is 0. The first-order chi connectivity index (χ1) is 12.5. The Labute approximate surface area is 161 Å². The fraction of sp³-hybridized carbons (Fsp3) is 1.00. The highest BCUT2D eigenvalue weighted by Crippen LogP contribution is 2.45. The molecule has 2 unspecified atom stereocenters. The van der Waals surface area contributed by atoms with Gasteiger partial charge >= 0.3 is 0 Å². The summed E-state index contributed by atoms with van der Waals surface area (Å²) >= 11 is 0. The molecule has 0 bridgehead atoms. The van der Waals surface area contributed by atoms with E-state index in [1.54, 1.807) is 21.3 Å².